The minimum absolute atomic E-state index is 0.344. The Hall–Kier alpha value is -0.530. The lowest BCUT2D eigenvalue weighted by Gasteiger charge is -2.18. The van der Waals surface area contributed by atoms with E-state index in [1.165, 1.54) is 38.5 Å². The zero-order valence-corrected chi connectivity index (χ0v) is 11.0. The molecule has 0 bridgehead atoms. The summed E-state index contributed by atoms with van der Waals surface area (Å²) in [6, 6.07) is 0. The summed E-state index contributed by atoms with van der Waals surface area (Å²) >= 11 is 0. The van der Waals surface area contributed by atoms with Crippen molar-refractivity contribution in [2.75, 3.05) is 13.1 Å². The molecule has 1 aliphatic carbocycles. The summed E-state index contributed by atoms with van der Waals surface area (Å²) in [5.74, 6) is 1.32. The van der Waals surface area contributed by atoms with Crippen molar-refractivity contribution in [3.05, 3.63) is 0 Å². The predicted molar refractivity (Wildman–Crippen MR) is 68.4 cm³/mol. The molecule has 1 aliphatic rings. The van der Waals surface area contributed by atoms with E-state index >= 15 is 0 Å². The van der Waals surface area contributed by atoms with Crippen LogP contribution in [0.1, 0.15) is 65.2 Å². The second-order valence-corrected chi connectivity index (χ2v) is 4.96. The van der Waals surface area contributed by atoms with E-state index in [1.807, 2.05) is 4.90 Å². The lowest BCUT2D eigenvalue weighted by atomic mass is 10.00. The fourth-order valence-electron chi connectivity index (χ4n) is 2.74. The lowest BCUT2D eigenvalue weighted by molar-refractivity contribution is -0.130. The van der Waals surface area contributed by atoms with Crippen LogP contribution in [0, 0.1) is 5.92 Å². The molecule has 2 nitrogen and oxygen atoms in total. The minimum atomic E-state index is 0.344. The van der Waals surface area contributed by atoms with Crippen molar-refractivity contribution >= 4 is 5.91 Å². The predicted octanol–water partition coefficient (Wildman–Crippen LogP) is 3.61. The van der Waals surface area contributed by atoms with Gasteiger partial charge in [-0.05, 0) is 26.2 Å². The summed E-state index contributed by atoms with van der Waals surface area (Å²) < 4.78 is 0. The highest BCUT2D eigenvalue weighted by atomic mass is 16.2. The SMILES string of the molecule is CCN(CC)C(=O)CCCCC1CCCC1. The zero-order chi connectivity index (χ0) is 11.8. The van der Waals surface area contributed by atoms with Crippen molar-refractivity contribution in [2.24, 2.45) is 5.92 Å². The smallest absolute Gasteiger partial charge is 0.222 e. The second-order valence-electron chi connectivity index (χ2n) is 4.96. The van der Waals surface area contributed by atoms with E-state index in [2.05, 4.69) is 13.8 Å². The van der Waals surface area contributed by atoms with Crippen molar-refractivity contribution in [3.63, 3.8) is 0 Å². The first-order valence-electron chi connectivity index (χ1n) is 7.05. The first-order valence-corrected chi connectivity index (χ1v) is 7.05. The van der Waals surface area contributed by atoms with Crippen LogP contribution >= 0.6 is 0 Å². The third kappa shape index (κ3) is 4.54. The molecule has 1 saturated carbocycles. The first kappa shape index (κ1) is 13.5. The van der Waals surface area contributed by atoms with Crippen LogP contribution in [0.5, 0.6) is 0 Å². The number of hydrogen-bond donors (Lipinski definition) is 0. The molecule has 0 radical (unpaired) electrons. The summed E-state index contributed by atoms with van der Waals surface area (Å²) in [5, 5.41) is 0. The maximum atomic E-state index is 11.7. The Kier molecular flexibility index (Phi) is 6.51. The summed E-state index contributed by atoms with van der Waals surface area (Å²) in [6.07, 6.45) is 10.2. The van der Waals surface area contributed by atoms with E-state index in [4.69, 9.17) is 0 Å². The minimum Gasteiger partial charge on any atom is -0.343 e. The number of carbonyl (C=O) groups excluding carboxylic acids is 1. The molecule has 0 aliphatic heterocycles. The Labute approximate surface area is 100 Å². The van der Waals surface area contributed by atoms with Gasteiger partial charge in [-0.3, -0.25) is 4.79 Å². The zero-order valence-electron chi connectivity index (χ0n) is 11.0. The van der Waals surface area contributed by atoms with Gasteiger partial charge in [-0.1, -0.05) is 38.5 Å². The number of rotatable bonds is 7. The molecular formula is C14H27NO. The van der Waals surface area contributed by atoms with E-state index in [9.17, 15) is 4.79 Å². The van der Waals surface area contributed by atoms with Gasteiger partial charge in [-0.15, -0.1) is 0 Å². The Bertz CT molecular complexity index is 193. The highest BCUT2D eigenvalue weighted by Crippen LogP contribution is 2.29. The fraction of sp³-hybridized carbons (Fsp3) is 0.929. The summed E-state index contributed by atoms with van der Waals surface area (Å²) in [4.78, 5) is 13.7. The van der Waals surface area contributed by atoms with E-state index in [1.54, 1.807) is 0 Å². The maximum absolute atomic E-state index is 11.7. The molecule has 0 saturated heterocycles. The molecule has 0 unspecified atom stereocenters. The van der Waals surface area contributed by atoms with Crippen molar-refractivity contribution in [1.82, 2.24) is 4.90 Å². The first-order chi connectivity index (χ1) is 7.77. The molecule has 1 amide bonds. The van der Waals surface area contributed by atoms with Gasteiger partial charge in [0, 0.05) is 19.5 Å². The van der Waals surface area contributed by atoms with Crippen LogP contribution in [-0.4, -0.2) is 23.9 Å². The maximum Gasteiger partial charge on any atom is 0.222 e. The van der Waals surface area contributed by atoms with Crippen LogP contribution in [0.4, 0.5) is 0 Å². The van der Waals surface area contributed by atoms with E-state index in [0.717, 1.165) is 31.8 Å². The molecule has 0 atom stereocenters. The van der Waals surface area contributed by atoms with Crippen LogP contribution < -0.4 is 0 Å². The van der Waals surface area contributed by atoms with Crippen LogP contribution in [-0.2, 0) is 4.79 Å². The lowest BCUT2D eigenvalue weighted by Crippen LogP contribution is -2.30. The molecule has 1 rings (SSSR count). The molecule has 2 heteroatoms. The van der Waals surface area contributed by atoms with Crippen LogP contribution in [0.2, 0.25) is 0 Å². The van der Waals surface area contributed by atoms with E-state index < -0.39 is 0 Å². The molecule has 16 heavy (non-hydrogen) atoms. The Morgan fingerprint density at radius 1 is 1.12 bits per heavy atom. The molecule has 94 valence electrons. The van der Waals surface area contributed by atoms with Gasteiger partial charge in [0.15, 0.2) is 0 Å². The molecule has 0 aromatic rings. The number of carbonyl (C=O) groups is 1. The number of amides is 1. The van der Waals surface area contributed by atoms with E-state index in [0.29, 0.717) is 5.91 Å². The van der Waals surface area contributed by atoms with Gasteiger partial charge in [0.05, 0.1) is 0 Å². The van der Waals surface area contributed by atoms with Gasteiger partial charge in [0.1, 0.15) is 0 Å². The Morgan fingerprint density at radius 2 is 1.75 bits per heavy atom. The summed E-state index contributed by atoms with van der Waals surface area (Å²) in [7, 11) is 0. The Morgan fingerprint density at radius 3 is 2.31 bits per heavy atom. The van der Waals surface area contributed by atoms with Crippen molar-refractivity contribution < 1.29 is 4.79 Å². The van der Waals surface area contributed by atoms with Gasteiger partial charge in [-0.25, -0.2) is 0 Å². The molecule has 0 aromatic heterocycles. The molecule has 0 heterocycles. The highest BCUT2D eigenvalue weighted by molar-refractivity contribution is 5.75. The van der Waals surface area contributed by atoms with Crippen LogP contribution in [0.15, 0.2) is 0 Å². The highest BCUT2D eigenvalue weighted by Gasteiger charge is 2.14. The monoisotopic (exact) mass is 225 g/mol. The van der Waals surface area contributed by atoms with Crippen molar-refractivity contribution in [3.8, 4) is 0 Å². The number of nitrogens with zero attached hydrogens (tertiary/aromatic N) is 1. The van der Waals surface area contributed by atoms with Gasteiger partial charge in [0.25, 0.3) is 0 Å². The number of unbranched alkanes of at least 4 members (excludes halogenated alkanes) is 1. The van der Waals surface area contributed by atoms with Gasteiger partial charge >= 0.3 is 0 Å². The Balaban J connectivity index is 2.03. The van der Waals surface area contributed by atoms with Crippen molar-refractivity contribution in [1.29, 1.82) is 0 Å². The standard InChI is InChI=1S/C14H27NO/c1-3-15(4-2)14(16)12-8-7-11-13-9-5-6-10-13/h13H,3-12H2,1-2H3. The van der Waals surface area contributed by atoms with Gasteiger partial charge < -0.3 is 4.90 Å². The van der Waals surface area contributed by atoms with Gasteiger partial charge in [-0.2, -0.15) is 0 Å². The number of hydrogen-bond acceptors (Lipinski definition) is 1. The molecule has 0 spiro atoms. The average molecular weight is 225 g/mol. The third-order valence-corrected chi connectivity index (χ3v) is 3.84. The summed E-state index contributed by atoms with van der Waals surface area (Å²) in [5.41, 5.74) is 0. The quantitative estimate of drug-likeness (QED) is 0.606. The van der Waals surface area contributed by atoms with Gasteiger partial charge in [0.2, 0.25) is 5.91 Å². The molecule has 1 fully saturated rings. The largest absolute Gasteiger partial charge is 0.343 e. The van der Waals surface area contributed by atoms with Crippen LogP contribution in [0.3, 0.4) is 0 Å². The topological polar surface area (TPSA) is 20.3 Å². The fourth-order valence-corrected chi connectivity index (χ4v) is 2.74. The molecule has 0 aromatic carbocycles. The average Bonchev–Trinajstić information content (AvgIpc) is 2.79. The molecule has 0 N–H and O–H groups in total. The van der Waals surface area contributed by atoms with Crippen molar-refractivity contribution in [2.45, 2.75) is 65.2 Å². The van der Waals surface area contributed by atoms with Crippen LogP contribution in [0.25, 0.3) is 0 Å². The summed E-state index contributed by atoms with van der Waals surface area (Å²) in [6.45, 7) is 5.83. The second kappa shape index (κ2) is 7.70. The normalized spacial score (nSPS) is 16.6. The third-order valence-electron chi connectivity index (χ3n) is 3.84. The van der Waals surface area contributed by atoms with E-state index in [-0.39, 0.29) is 0 Å². The molecular weight excluding hydrogens is 198 g/mol.